The number of halogens is 2. The average molecular weight is 487 g/mol. The topological polar surface area (TPSA) is 66.9 Å². The maximum atomic E-state index is 14.0. The summed E-state index contributed by atoms with van der Waals surface area (Å²) in [5.41, 5.74) is 0.522. The number of rotatable bonds is 8. The van der Waals surface area contributed by atoms with E-state index in [0.717, 1.165) is 0 Å². The van der Waals surface area contributed by atoms with Gasteiger partial charge in [0.2, 0.25) is 10.0 Å². The lowest BCUT2D eigenvalue weighted by Gasteiger charge is -2.22. The number of methoxy groups -OCH3 is 1. The van der Waals surface area contributed by atoms with Gasteiger partial charge in [-0.25, -0.2) is 12.8 Å². The minimum Gasteiger partial charge on any atom is -0.495 e. The second-order valence-electron chi connectivity index (χ2n) is 6.35. The van der Waals surface area contributed by atoms with Crippen molar-refractivity contribution in [3.05, 3.63) is 57.8 Å². The fraction of sp³-hybridized carbons (Fsp3) is 0.350. The molecule has 0 unspecified atom stereocenters. The van der Waals surface area contributed by atoms with Gasteiger partial charge in [-0.05, 0) is 36.4 Å². The highest BCUT2D eigenvalue weighted by Crippen LogP contribution is 2.28. The lowest BCUT2D eigenvalue weighted by Crippen LogP contribution is -2.31. The van der Waals surface area contributed by atoms with Crippen molar-refractivity contribution >= 4 is 31.9 Å². The Morgan fingerprint density at radius 1 is 1.14 bits per heavy atom. The summed E-state index contributed by atoms with van der Waals surface area (Å²) < 4.78 is 47.1. The largest absolute Gasteiger partial charge is 0.495 e. The summed E-state index contributed by atoms with van der Waals surface area (Å²) in [6, 6.07) is 8.76. The molecule has 0 fully saturated rings. The third kappa shape index (κ3) is 5.15. The van der Waals surface area contributed by atoms with Gasteiger partial charge in [0.15, 0.2) is 0 Å². The van der Waals surface area contributed by atoms with Crippen LogP contribution in [0.3, 0.4) is 0 Å². The van der Waals surface area contributed by atoms with Crippen LogP contribution >= 0.6 is 15.9 Å². The number of ether oxygens (including phenoxy) is 1. The third-order valence-corrected chi connectivity index (χ3v) is 7.06. The number of benzene rings is 2. The summed E-state index contributed by atoms with van der Waals surface area (Å²) in [5.74, 6) is -0.690. The molecular formula is C20H24BrFN2O4S. The molecule has 2 rings (SSSR count). The molecular weight excluding hydrogens is 463 g/mol. The molecule has 9 heteroatoms. The molecule has 0 saturated heterocycles. The molecule has 0 heterocycles. The second-order valence-corrected chi connectivity index (χ2v) is 9.17. The van der Waals surface area contributed by atoms with Gasteiger partial charge in [0.05, 0.1) is 7.11 Å². The van der Waals surface area contributed by atoms with Crippen molar-refractivity contribution in [2.45, 2.75) is 25.3 Å². The van der Waals surface area contributed by atoms with Crippen molar-refractivity contribution in [2.75, 3.05) is 27.2 Å². The van der Waals surface area contributed by atoms with Crippen LogP contribution in [0.25, 0.3) is 0 Å². The zero-order chi connectivity index (χ0) is 21.8. The first-order chi connectivity index (χ1) is 13.6. The second kappa shape index (κ2) is 9.69. The molecule has 158 valence electrons. The van der Waals surface area contributed by atoms with Crippen molar-refractivity contribution in [3.8, 4) is 5.75 Å². The van der Waals surface area contributed by atoms with Gasteiger partial charge in [-0.3, -0.25) is 4.79 Å². The Hall–Kier alpha value is -1.97. The lowest BCUT2D eigenvalue weighted by molar-refractivity contribution is 0.0783. The molecule has 0 aliphatic heterocycles. The van der Waals surface area contributed by atoms with Gasteiger partial charge in [0.25, 0.3) is 5.91 Å². The van der Waals surface area contributed by atoms with Crippen LogP contribution in [0.2, 0.25) is 0 Å². The molecule has 0 atom stereocenters. The van der Waals surface area contributed by atoms with E-state index in [2.05, 4.69) is 15.9 Å². The van der Waals surface area contributed by atoms with Gasteiger partial charge < -0.3 is 9.64 Å². The zero-order valence-corrected chi connectivity index (χ0v) is 19.2. The number of hydrogen-bond acceptors (Lipinski definition) is 4. The molecule has 29 heavy (non-hydrogen) atoms. The summed E-state index contributed by atoms with van der Waals surface area (Å²) in [7, 11) is -0.917. The van der Waals surface area contributed by atoms with Crippen molar-refractivity contribution < 1.29 is 22.3 Å². The van der Waals surface area contributed by atoms with E-state index in [4.69, 9.17) is 4.74 Å². The molecule has 2 aromatic carbocycles. The molecule has 6 nitrogen and oxygen atoms in total. The molecule has 0 aliphatic carbocycles. The Bertz CT molecular complexity index is 994. The Morgan fingerprint density at radius 2 is 1.79 bits per heavy atom. The summed E-state index contributed by atoms with van der Waals surface area (Å²) in [5, 5.41) is 0. The first-order valence-corrected chi connectivity index (χ1v) is 11.3. The SMILES string of the molecule is CCN(CC)S(=O)(=O)c1cc(C(=O)N(C)Cc2cc(Br)ccc2F)ccc1OC. The Morgan fingerprint density at radius 3 is 2.38 bits per heavy atom. The Labute approximate surface area is 179 Å². The maximum absolute atomic E-state index is 14.0. The van der Waals surface area contributed by atoms with Crippen LogP contribution in [0.4, 0.5) is 4.39 Å². The molecule has 0 aliphatic rings. The summed E-state index contributed by atoms with van der Waals surface area (Å²) >= 11 is 3.29. The van der Waals surface area contributed by atoms with E-state index in [1.54, 1.807) is 26.0 Å². The number of sulfonamides is 1. The van der Waals surface area contributed by atoms with Crippen LogP contribution in [0.15, 0.2) is 45.8 Å². The normalized spacial score (nSPS) is 11.6. The first kappa shape index (κ1) is 23.3. The predicted octanol–water partition coefficient (Wildman–Crippen LogP) is 3.90. The summed E-state index contributed by atoms with van der Waals surface area (Å²) in [6.07, 6.45) is 0. The predicted molar refractivity (Wildman–Crippen MR) is 113 cm³/mol. The van der Waals surface area contributed by atoms with Crippen molar-refractivity contribution in [1.82, 2.24) is 9.21 Å². The number of amides is 1. The fourth-order valence-corrected chi connectivity index (χ4v) is 4.97. The Balaban J connectivity index is 2.39. The lowest BCUT2D eigenvalue weighted by atomic mass is 10.1. The van der Waals surface area contributed by atoms with Gasteiger partial charge in [-0.1, -0.05) is 29.8 Å². The van der Waals surface area contributed by atoms with E-state index < -0.39 is 21.7 Å². The van der Waals surface area contributed by atoms with E-state index in [0.29, 0.717) is 23.1 Å². The maximum Gasteiger partial charge on any atom is 0.253 e. The minimum atomic E-state index is -3.83. The fourth-order valence-electron chi connectivity index (χ4n) is 2.93. The van der Waals surface area contributed by atoms with Crippen molar-refractivity contribution in [3.63, 3.8) is 0 Å². The zero-order valence-electron chi connectivity index (χ0n) is 16.8. The van der Waals surface area contributed by atoms with Gasteiger partial charge in [0.1, 0.15) is 16.5 Å². The molecule has 0 saturated carbocycles. The minimum absolute atomic E-state index is 0.0360. The number of nitrogens with zero attached hydrogens (tertiary/aromatic N) is 2. The third-order valence-electron chi connectivity index (χ3n) is 4.50. The van der Waals surface area contributed by atoms with Crippen LogP contribution in [-0.2, 0) is 16.6 Å². The quantitative estimate of drug-likeness (QED) is 0.567. The van der Waals surface area contributed by atoms with Gasteiger partial charge in [0, 0.05) is 42.3 Å². The van der Waals surface area contributed by atoms with E-state index in [1.165, 1.54) is 47.6 Å². The standard InChI is InChI=1S/C20H24BrFN2O4S/c1-5-24(6-2)29(26,27)19-12-14(7-10-18(19)28-4)20(25)23(3)13-15-11-16(21)8-9-17(15)22/h7-12H,5-6,13H2,1-4H3. The summed E-state index contributed by atoms with van der Waals surface area (Å²) in [4.78, 5) is 14.1. The Kier molecular flexibility index (Phi) is 7.79. The monoisotopic (exact) mass is 486 g/mol. The van der Waals surface area contributed by atoms with Crippen molar-refractivity contribution in [1.29, 1.82) is 0 Å². The summed E-state index contributed by atoms with van der Waals surface area (Å²) in [6.45, 7) is 4.10. The highest BCUT2D eigenvalue weighted by molar-refractivity contribution is 9.10. The molecule has 0 aromatic heterocycles. The molecule has 2 aromatic rings. The number of carbonyl (C=O) groups is 1. The molecule has 0 N–H and O–H groups in total. The van der Waals surface area contributed by atoms with Crippen LogP contribution in [-0.4, -0.2) is 50.8 Å². The molecule has 0 radical (unpaired) electrons. The van der Waals surface area contributed by atoms with Crippen LogP contribution in [0.1, 0.15) is 29.8 Å². The van der Waals surface area contributed by atoms with E-state index in [1.807, 2.05) is 0 Å². The number of hydrogen-bond donors (Lipinski definition) is 0. The molecule has 1 amide bonds. The highest BCUT2D eigenvalue weighted by Gasteiger charge is 2.27. The van der Waals surface area contributed by atoms with Gasteiger partial charge in [-0.2, -0.15) is 4.31 Å². The highest BCUT2D eigenvalue weighted by atomic mass is 79.9. The van der Waals surface area contributed by atoms with Gasteiger partial charge in [-0.15, -0.1) is 0 Å². The van der Waals surface area contributed by atoms with E-state index in [-0.39, 0.29) is 22.8 Å². The van der Waals surface area contributed by atoms with Crippen LogP contribution < -0.4 is 4.74 Å². The molecule has 0 bridgehead atoms. The van der Waals surface area contributed by atoms with Crippen LogP contribution in [0, 0.1) is 5.82 Å². The van der Waals surface area contributed by atoms with E-state index in [9.17, 15) is 17.6 Å². The van der Waals surface area contributed by atoms with E-state index >= 15 is 0 Å². The number of carbonyl (C=O) groups excluding carboxylic acids is 1. The average Bonchev–Trinajstić information content (AvgIpc) is 2.70. The van der Waals surface area contributed by atoms with Crippen molar-refractivity contribution in [2.24, 2.45) is 0 Å². The molecule has 0 spiro atoms. The van der Waals surface area contributed by atoms with Crippen LogP contribution in [0.5, 0.6) is 5.75 Å². The van der Waals surface area contributed by atoms with Gasteiger partial charge >= 0.3 is 0 Å². The smallest absolute Gasteiger partial charge is 0.253 e. The first-order valence-electron chi connectivity index (χ1n) is 9.03.